The van der Waals surface area contributed by atoms with E-state index in [0.29, 0.717) is 12.1 Å². The Morgan fingerprint density at radius 2 is 1.92 bits per heavy atom. The van der Waals surface area contributed by atoms with E-state index in [-0.39, 0.29) is 17.4 Å². The number of hydrogen-bond acceptors (Lipinski definition) is 5. The zero-order valence-electron chi connectivity index (χ0n) is 15.9. The molecule has 2 aromatic rings. The third kappa shape index (κ3) is 3.52. The van der Waals surface area contributed by atoms with Crippen LogP contribution in [0.1, 0.15) is 36.7 Å². The predicted molar refractivity (Wildman–Crippen MR) is 103 cm³/mol. The first kappa shape index (κ1) is 18.6. The highest BCUT2D eigenvalue weighted by Crippen LogP contribution is 2.32. The van der Waals surface area contributed by atoms with Crippen molar-refractivity contribution in [3.63, 3.8) is 0 Å². The molecule has 0 aliphatic carbocycles. The summed E-state index contributed by atoms with van der Waals surface area (Å²) in [7, 11) is 0. The van der Waals surface area contributed by atoms with Crippen molar-refractivity contribution in [3.8, 4) is 5.75 Å². The molecular formula is C20H28N4O2. The summed E-state index contributed by atoms with van der Waals surface area (Å²) >= 11 is 0. The van der Waals surface area contributed by atoms with Crippen LogP contribution in [0.5, 0.6) is 5.75 Å². The molecule has 26 heavy (non-hydrogen) atoms. The summed E-state index contributed by atoms with van der Waals surface area (Å²) < 4.78 is 1.72. The Kier molecular flexibility index (Phi) is 5.74. The number of rotatable bonds is 5. The zero-order valence-corrected chi connectivity index (χ0v) is 15.9. The second kappa shape index (κ2) is 8.01. The van der Waals surface area contributed by atoms with Gasteiger partial charge < -0.3 is 14.6 Å². The second-order valence-corrected chi connectivity index (χ2v) is 6.79. The fraction of sp³-hybridized carbons (Fsp3) is 0.500. The number of aromatic hydroxyl groups is 1. The van der Waals surface area contributed by atoms with Crippen LogP contribution in [0, 0.1) is 6.92 Å². The van der Waals surface area contributed by atoms with Crippen LogP contribution in [-0.4, -0.2) is 57.2 Å². The van der Waals surface area contributed by atoms with E-state index >= 15 is 0 Å². The maximum absolute atomic E-state index is 13.2. The molecule has 1 aliphatic heterocycles. The molecule has 0 radical (unpaired) electrons. The smallest absolute Gasteiger partial charge is 0.259 e. The lowest BCUT2D eigenvalue weighted by atomic mass is 9.97. The van der Waals surface area contributed by atoms with Gasteiger partial charge in [-0.1, -0.05) is 13.0 Å². The number of aryl methyl sites for hydroxylation is 1. The van der Waals surface area contributed by atoms with Gasteiger partial charge in [0.2, 0.25) is 0 Å². The summed E-state index contributed by atoms with van der Waals surface area (Å²) in [6, 6.07) is 5.28. The summed E-state index contributed by atoms with van der Waals surface area (Å²) in [6.45, 7) is 11.2. The van der Waals surface area contributed by atoms with Gasteiger partial charge in [0, 0.05) is 50.8 Å². The molecule has 3 rings (SSSR count). The zero-order chi connectivity index (χ0) is 18.7. The third-order valence-corrected chi connectivity index (χ3v) is 5.33. The second-order valence-electron chi connectivity index (χ2n) is 6.79. The van der Waals surface area contributed by atoms with Gasteiger partial charge in [-0.3, -0.25) is 14.7 Å². The Morgan fingerprint density at radius 1 is 1.19 bits per heavy atom. The number of piperazine rings is 1. The Balaban J connectivity index is 2.10. The van der Waals surface area contributed by atoms with E-state index < -0.39 is 0 Å². The molecule has 3 heterocycles. The van der Waals surface area contributed by atoms with Crippen molar-refractivity contribution in [1.82, 2.24) is 19.4 Å². The van der Waals surface area contributed by atoms with E-state index in [1.165, 1.54) is 0 Å². The largest absolute Gasteiger partial charge is 0.507 e. The minimum absolute atomic E-state index is 0.0731. The van der Waals surface area contributed by atoms with Crippen molar-refractivity contribution < 1.29 is 5.11 Å². The Bertz CT molecular complexity index is 795. The van der Waals surface area contributed by atoms with Gasteiger partial charge in [0.25, 0.3) is 5.56 Å². The SMILES string of the molecule is CCN1CCN(C(c2cccnc2)c2c(O)cc(C)n(CC)c2=O)CC1. The monoisotopic (exact) mass is 356 g/mol. The van der Waals surface area contributed by atoms with E-state index in [1.54, 1.807) is 23.0 Å². The van der Waals surface area contributed by atoms with Crippen molar-refractivity contribution in [2.24, 2.45) is 0 Å². The minimum Gasteiger partial charge on any atom is -0.507 e. The van der Waals surface area contributed by atoms with Gasteiger partial charge in [-0.15, -0.1) is 0 Å². The fourth-order valence-corrected chi connectivity index (χ4v) is 3.85. The standard InChI is InChI=1S/C20H28N4O2/c1-4-22-9-11-23(12-10-22)19(16-7-6-8-21-14-16)18-17(25)13-15(3)24(5-2)20(18)26/h6-8,13-14,19,25H,4-5,9-12H2,1-3H3. The first-order chi connectivity index (χ1) is 12.6. The lowest BCUT2D eigenvalue weighted by molar-refractivity contribution is 0.111. The van der Waals surface area contributed by atoms with Gasteiger partial charge in [-0.25, -0.2) is 0 Å². The highest BCUT2D eigenvalue weighted by molar-refractivity contribution is 5.40. The first-order valence-electron chi connectivity index (χ1n) is 9.36. The quantitative estimate of drug-likeness (QED) is 0.888. The molecule has 0 spiro atoms. The Morgan fingerprint density at radius 3 is 2.50 bits per heavy atom. The van der Waals surface area contributed by atoms with Crippen molar-refractivity contribution in [3.05, 3.63) is 57.8 Å². The number of pyridine rings is 2. The topological polar surface area (TPSA) is 61.6 Å². The average Bonchev–Trinajstić information content (AvgIpc) is 2.66. The van der Waals surface area contributed by atoms with Crippen molar-refractivity contribution >= 4 is 0 Å². The Hall–Kier alpha value is -2.18. The lowest BCUT2D eigenvalue weighted by Crippen LogP contribution is -2.48. The molecule has 1 fully saturated rings. The van der Waals surface area contributed by atoms with Crippen molar-refractivity contribution in [2.45, 2.75) is 33.4 Å². The number of likely N-dealkylation sites (N-methyl/N-ethyl adjacent to an activating group) is 1. The van der Waals surface area contributed by atoms with Gasteiger partial charge in [0.1, 0.15) is 5.75 Å². The van der Waals surface area contributed by atoms with E-state index in [9.17, 15) is 9.90 Å². The summed E-state index contributed by atoms with van der Waals surface area (Å²) in [4.78, 5) is 22.1. The summed E-state index contributed by atoms with van der Waals surface area (Å²) in [6.07, 6.45) is 3.53. The highest BCUT2D eigenvalue weighted by Gasteiger charge is 2.31. The molecule has 6 nitrogen and oxygen atoms in total. The summed E-state index contributed by atoms with van der Waals surface area (Å²) in [5, 5.41) is 10.7. The van der Waals surface area contributed by atoms with Crippen LogP contribution in [0.15, 0.2) is 35.4 Å². The summed E-state index contributed by atoms with van der Waals surface area (Å²) in [5.74, 6) is 0.0731. The van der Waals surface area contributed by atoms with Gasteiger partial charge in [-0.05, 0) is 38.1 Å². The molecule has 6 heteroatoms. The van der Waals surface area contributed by atoms with Crippen LogP contribution < -0.4 is 5.56 Å². The summed E-state index contributed by atoms with van der Waals surface area (Å²) in [5.41, 5.74) is 2.06. The predicted octanol–water partition coefficient (Wildman–Crippen LogP) is 2.00. The van der Waals surface area contributed by atoms with E-state index in [4.69, 9.17) is 0 Å². The van der Waals surface area contributed by atoms with Crippen molar-refractivity contribution in [2.75, 3.05) is 32.7 Å². The van der Waals surface area contributed by atoms with Crippen LogP contribution in [-0.2, 0) is 6.54 Å². The van der Waals surface area contributed by atoms with Crippen LogP contribution in [0.3, 0.4) is 0 Å². The van der Waals surface area contributed by atoms with Crippen LogP contribution in [0.25, 0.3) is 0 Å². The normalized spacial score (nSPS) is 17.3. The highest BCUT2D eigenvalue weighted by atomic mass is 16.3. The van der Waals surface area contributed by atoms with Crippen LogP contribution in [0.4, 0.5) is 0 Å². The molecule has 2 aromatic heterocycles. The molecule has 0 amide bonds. The molecule has 1 N–H and O–H groups in total. The van der Waals surface area contributed by atoms with E-state index in [2.05, 4.69) is 21.7 Å². The fourth-order valence-electron chi connectivity index (χ4n) is 3.85. The number of nitrogens with zero attached hydrogens (tertiary/aromatic N) is 4. The lowest BCUT2D eigenvalue weighted by Gasteiger charge is -2.39. The molecular weight excluding hydrogens is 328 g/mol. The molecule has 0 bridgehead atoms. The van der Waals surface area contributed by atoms with E-state index in [1.807, 2.05) is 26.0 Å². The Labute approximate surface area is 154 Å². The average molecular weight is 356 g/mol. The first-order valence-corrected chi connectivity index (χ1v) is 9.36. The number of aromatic nitrogens is 2. The minimum atomic E-state index is -0.284. The molecule has 1 saturated heterocycles. The van der Waals surface area contributed by atoms with Crippen LogP contribution >= 0.6 is 0 Å². The maximum Gasteiger partial charge on any atom is 0.259 e. The van der Waals surface area contributed by atoms with E-state index in [0.717, 1.165) is 44.0 Å². The molecule has 1 atom stereocenters. The van der Waals surface area contributed by atoms with Gasteiger partial charge in [0.05, 0.1) is 11.6 Å². The molecule has 0 saturated carbocycles. The van der Waals surface area contributed by atoms with Gasteiger partial charge in [-0.2, -0.15) is 0 Å². The third-order valence-electron chi connectivity index (χ3n) is 5.33. The van der Waals surface area contributed by atoms with Crippen molar-refractivity contribution in [1.29, 1.82) is 0 Å². The van der Waals surface area contributed by atoms with Gasteiger partial charge in [0.15, 0.2) is 0 Å². The molecule has 140 valence electrons. The maximum atomic E-state index is 13.2. The van der Waals surface area contributed by atoms with Gasteiger partial charge >= 0.3 is 0 Å². The molecule has 0 aromatic carbocycles. The molecule has 1 unspecified atom stereocenters. The van der Waals surface area contributed by atoms with Crippen LogP contribution in [0.2, 0.25) is 0 Å². The molecule has 1 aliphatic rings. The number of hydrogen-bond donors (Lipinski definition) is 1.